The zero-order chi connectivity index (χ0) is 17.8. The lowest BCUT2D eigenvalue weighted by atomic mass is 10.2. The van der Waals surface area contributed by atoms with E-state index in [2.05, 4.69) is 20.3 Å². The van der Waals surface area contributed by atoms with Gasteiger partial charge in [0.2, 0.25) is 5.82 Å². The van der Waals surface area contributed by atoms with Crippen LogP contribution in [-0.4, -0.2) is 19.9 Å². The number of rotatable bonds is 5. The first-order valence-corrected chi connectivity index (χ1v) is 7.53. The third-order valence-corrected chi connectivity index (χ3v) is 3.66. The summed E-state index contributed by atoms with van der Waals surface area (Å²) in [6, 6.07) is 8.33. The van der Waals surface area contributed by atoms with E-state index in [4.69, 9.17) is 16.3 Å². The average molecular weight is 358 g/mol. The van der Waals surface area contributed by atoms with E-state index in [-0.39, 0.29) is 17.4 Å². The second kappa shape index (κ2) is 7.10. The first-order chi connectivity index (χ1) is 12.0. The van der Waals surface area contributed by atoms with Crippen molar-refractivity contribution in [2.45, 2.75) is 6.92 Å². The van der Waals surface area contributed by atoms with Gasteiger partial charge < -0.3 is 10.1 Å². The minimum Gasteiger partial charge on any atom is -0.434 e. The number of hydrogen-bond acceptors (Lipinski definition) is 7. The Bertz CT molecular complexity index is 921. The predicted molar refractivity (Wildman–Crippen MR) is 92.5 cm³/mol. The minimum atomic E-state index is -0.600. The Labute approximate surface area is 147 Å². The highest BCUT2D eigenvalue weighted by atomic mass is 35.5. The zero-order valence-corrected chi connectivity index (χ0v) is 13.8. The molecule has 0 aliphatic heterocycles. The van der Waals surface area contributed by atoms with E-state index in [1.54, 1.807) is 43.5 Å². The summed E-state index contributed by atoms with van der Waals surface area (Å²) in [5, 5.41) is 14.9. The van der Waals surface area contributed by atoms with Gasteiger partial charge in [-0.25, -0.2) is 4.98 Å². The van der Waals surface area contributed by atoms with Crippen molar-refractivity contribution in [1.29, 1.82) is 0 Å². The molecule has 0 saturated heterocycles. The summed E-state index contributed by atoms with van der Waals surface area (Å²) < 4.78 is 5.58. The van der Waals surface area contributed by atoms with Crippen LogP contribution < -0.4 is 10.1 Å². The van der Waals surface area contributed by atoms with Gasteiger partial charge in [-0.1, -0.05) is 11.6 Å². The molecule has 1 N–H and O–H groups in total. The van der Waals surface area contributed by atoms with Crippen molar-refractivity contribution in [3.63, 3.8) is 0 Å². The van der Waals surface area contributed by atoms with E-state index >= 15 is 0 Å². The number of anilines is 2. The topological polar surface area (TPSA) is 103 Å². The van der Waals surface area contributed by atoms with Crippen LogP contribution in [0.25, 0.3) is 0 Å². The number of nitrogens with zero attached hydrogens (tertiary/aromatic N) is 4. The minimum absolute atomic E-state index is 0.00804. The van der Waals surface area contributed by atoms with Crippen LogP contribution >= 0.6 is 11.6 Å². The number of pyridine rings is 1. The van der Waals surface area contributed by atoms with Gasteiger partial charge in [0.15, 0.2) is 0 Å². The Kier molecular flexibility index (Phi) is 4.71. The second-order valence-electron chi connectivity index (χ2n) is 5.01. The number of aryl methyl sites for hydroxylation is 1. The van der Waals surface area contributed by atoms with Gasteiger partial charge in [-0.15, -0.1) is 0 Å². The Morgan fingerprint density at radius 3 is 2.80 bits per heavy atom. The van der Waals surface area contributed by atoms with Crippen molar-refractivity contribution >= 4 is 28.8 Å². The van der Waals surface area contributed by atoms with Gasteiger partial charge in [0, 0.05) is 11.2 Å². The molecule has 0 bridgehead atoms. The lowest BCUT2D eigenvalue weighted by Gasteiger charge is -2.09. The van der Waals surface area contributed by atoms with Crippen molar-refractivity contribution in [2.24, 2.45) is 0 Å². The number of benzene rings is 1. The molecular formula is C16H12ClN5O3. The van der Waals surface area contributed by atoms with Gasteiger partial charge in [0.25, 0.3) is 0 Å². The third-order valence-electron chi connectivity index (χ3n) is 3.24. The molecule has 9 heteroatoms. The number of nitrogens with one attached hydrogen (secondary N) is 1. The van der Waals surface area contributed by atoms with Crippen LogP contribution in [0.15, 0.2) is 49.1 Å². The first-order valence-electron chi connectivity index (χ1n) is 7.15. The van der Waals surface area contributed by atoms with E-state index < -0.39 is 4.92 Å². The summed E-state index contributed by atoms with van der Waals surface area (Å²) in [4.78, 5) is 22.7. The van der Waals surface area contributed by atoms with Gasteiger partial charge in [-0.3, -0.25) is 15.1 Å². The lowest BCUT2D eigenvalue weighted by molar-refractivity contribution is -0.385. The predicted octanol–water partition coefficient (Wildman–Crippen LogP) is 4.28. The maximum absolute atomic E-state index is 11.5. The van der Waals surface area contributed by atoms with E-state index in [0.29, 0.717) is 16.5 Å². The molecule has 0 aliphatic carbocycles. The number of nitro groups is 1. The summed E-state index contributed by atoms with van der Waals surface area (Å²) >= 11 is 5.98. The van der Waals surface area contributed by atoms with Gasteiger partial charge >= 0.3 is 11.6 Å². The van der Waals surface area contributed by atoms with Crippen LogP contribution in [0.5, 0.6) is 11.6 Å². The van der Waals surface area contributed by atoms with Crippen LogP contribution in [0.4, 0.5) is 17.2 Å². The molecule has 25 heavy (non-hydrogen) atoms. The van der Waals surface area contributed by atoms with Crippen LogP contribution in [0, 0.1) is 17.0 Å². The Morgan fingerprint density at radius 2 is 2.12 bits per heavy atom. The smallest absolute Gasteiger partial charge is 0.373 e. The van der Waals surface area contributed by atoms with Crippen molar-refractivity contribution in [1.82, 2.24) is 15.0 Å². The van der Waals surface area contributed by atoms with Gasteiger partial charge in [0.1, 0.15) is 12.1 Å². The normalized spacial score (nSPS) is 10.3. The van der Waals surface area contributed by atoms with E-state index in [9.17, 15) is 10.1 Å². The quantitative estimate of drug-likeness (QED) is 0.537. The number of hydrogen-bond donors (Lipinski definition) is 1. The van der Waals surface area contributed by atoms with Gasteiger partial charge in [-0.05, 0) is 42.8 Å². The van der Waals surface area contributed by atoms with Crippen molar-refractivity contribution in [3.05, 3.63) is 69.8 Å². The molecule has 8 nitrogen and oxygen atoms in total. The highest BCUT2D eigenvalue weighted by molar-refractivity contribution is 6.31. The maximum Gasteiger partial charge on any atom is 0.373 e. The van der Waals surface area contributed by atoms with Crippen molar-refractivity contribution in [2.75, 3.05) is 5.32 Å². The zero-order valence-electron chi connectivity index (χ0n) is 13.0. The van der Waals surface area contributed by atoms with E-state index in [0.717, 1.165) is 5.56 Å². The number of ether oxygens (including phenoxy) is 1. The summed E-state index contributed by atoms with van der Waals surface area (Å²) in [7, 11) is 0. The van der Waals surface area contributed by atoms with Crippen LogP contribution in [0.3, 0.4) is 0 Å². The molecule has 2 heterocycles. The van der Waals surface area contributed by atoms with Gasteiger partial charge in [-0.2, -0.15) is 4.98 Å². The molecule has 0 aliphatic rings. The standard InChI is InChI=1S/C16H12ClN5O3/c1-10-7-12(4-5-13(10)17)25-16-14(22(23)24)15(19-9-20-16)21-11-3-2-6-18-8-11/h2-9H,1H3,(H,19,20,21). The van der Waals surface area contributed by atoms with E-state index in [1.165, 1.54) is 12.5 Å². The molecule has 1 aromatic carbocycles. The van der Waals surface area contributed by atoms with Crippen molar-refractivity contribution in [3.8, 4) is 11.6 Å². The SMILES string of the molecule is Cc1cc(Oc2ncnc(Nc3cccnc3)c2[N+](=O)[O-])ccc1Cl. The van der Waals surface area contributed by atoms with Crippen LogP contribution in [0.1, 0.15) is 5.56 Å². The second-order valence-corrected chi connectivity index (χ2v) is 5.42. The maximum atomic E-state index is 11.5. The number of halogens is 1. The Balaban J connectivity index is 1.97. The third kappa shape index (κ3) is 3.81. The fraction of sp³-hybridized carbons (Fsp3) is 0.0625. The highest BCUT2D eigenvalue weighted by Gasteiger charge is 2.25. The fourth-order valence-corrected chi connectivity index (χ4v) is 2.18. The molecule has 0 unspecified atom stereocenters. The van der Waals surface area contributed by atoms with Crippen LogP contribution in [-0.2, 0) is 0 Å². The van der Waals surface area contributed by atoms with Gasteiger partial charge in [0.05, 0.1) is 16.8 Å². The molecule has 2 aromatic heterocycles. The molecule has 0 amide bonds. The molecule has 3 aromatic rings. The molecule has 126 valence electrons. The Hall–Kier alpha value is -3.26. The molecule has 0 fully saturated rings. The molecule has 0 radical (unpaired) electrons. The monoisotopic (exact) mass is 357 g/mol. The average Bonchev–Trinajstić information content (AvgIpc) is 2.59. The Morgan fingerprint density at radius 1 is 1.28 bits per heavy atom. The first kappa shape index (κ1) is 16.6. The largest absolute Gasteiger partial charge is 0.434 e. The highest BCUT2D eigenvalue weighted by Crippen LogP contribution is 2.35. The molecule has 0 saturated carbocycles. The molecule has 3 rings (SSSR count). The fourth-order valence-electron chi connectivity index (χ4n) is 2.06. The molecular weight excluding hydrogens is 346 g/mol. The summed E-state index contributed by atoms with van der Waals surface area (Å²) in [5.74, 6) is 0.220. The van der Waals surface area contributed by atoms with Crippen LogP contribution in [0.2, 0.25) is 5.02 Å². The summed E-state index contributed by atoms with van der Waals surface area (Å²) in [6.07, 6.45) is 4.30. The molecule has 0 atom stereocenters. The molecule has 0 spiro atoms. The summed E-state index contributed by atoms with van der Waals surface area (Å²) in [5.41, 5.74) is 0.959. The number of aromatic nitrogens is 3. The lowest BCUT2D eigenvalue weighted by Crippen LogP contribution is -2.03. The van der Waals surface area contributed by atoms with E-state index in [1.807, 2.05) is 0 Å². The van der Waals surface area contributed by atoms with Crippen molar-refractivity contribution < 1.29 is 9.66 Å². The summed E-state index contributed by atoms with van der Waals surface area (Å²) in [6.45, 7) is 1.80.